The number of nitrogens with zero attached hydrogens (tertiary/aromatic N) is 4. The number of aromatic amines is 1. The van der Waals surface area contributed by atoms with Gasteiger partial charge < -0.3 is 34.9 Å². The summed E-state index contributed by atoms with van der Waals surface area (Å²) in [6, 6.07) is 15.7. The van der Waals surface area contributed by atoms with Gasteiger partial charge in [0.2, 0.25) is 11.8 Å². The van der Waals surface area contributed by atoms with E-state index in [0.717, 1.165) is 70.7 Å². The van der Waals surface area contributed by atoms with Crippen molar-refractivity contribution in [1.29, 1.82) is 0 Å². The maximum atomic E-state index is 13.8. The molecule has 1 aromatic heterocycles. The van der Waals surface area contributed by atoms with Crippen molar-refractivity contribution in [3.8, 4) is 22.4 Å². The molecule has 13 nitrogen and oxygen atoms in total. The molecule has 0 unspecified atom stereocenters. The molecule has 4 heterocycles. The van der Waals surface area contributed by atoms with Gasteiger partial charge in [0.25, 0.3) is 0 Å². The highest BCUT2D eigenvalue weighted by Crippen LogP contribution is 2.53. The van der Waals surface area contributed by atoms with E-state index in [1.807, 2.05) is 49.9 Å². The number of hydrogen-bond donors (Lipinski definition) is 3. The minimum absolute atomic E-state index is 0.0604. The zero-order valence-corrected chi connectivity index (χ0v) is 32.8. The van der Waals surface area contributed by atoms with Gasteiger partial charge in [0.15, 0.2) is 0 Å². The Morgan fingerprint density at radius 3 is 1.70 bits per heavy atom. The number of fused-ring (bicyclic) bond motifs is 2. The first-order valence-electron chi connectivity index (χ1n) is 19.8. The largest absolute Gasteiger partial charge is 0.453 e. The number of ether oxygens (including phenoxy) is 2. The summed E-state index contributed by atoms with van der Waals surface area (Å²) in [5, 5.41) is 5.49. The lowest BCUT2D eigenvalue weighted by atomic mass is 9.95. The Hall–Kier alpha value is -5.46. The van der Waals surface area contributed by atoms with E-state index in [0.29, 0.717) is 18.3 Å². The molecule has 0 bridgehead atoms. The molecule has 3 aromatic rings. The second-order valence-corrected chi connectivity index (χ2v) is 16.6. The molecular formula is C43H51N7O6. The third kappa shape index (κ3) is 7.07. The van der Waals surface area contributed by atoms with Gasteiger partial charge in [-0.3, -0.25) is 14.6 Å². The summed E-state index contributed by atoms with van der Waals surface area (Å²) in [6.45, 7) is 7.71. The normalized spacial score (nSPS) is 25.6. The molecule has 2 saturated heterocycles. The van der Waals surface area contributed by atoms with Crippen LogP contribution in [0.4, 0.5) is 9.59 Å². The number of imidazole rings is 1. The van der Waals surface area contributed by atoms with Gasteiger partial charge in [-0.15, -0.1) is 0 Å². The van der Waals surface area contributed by atoms with Crippen molar-refractivity contribution >= 4 is 35.3 Å². The summed E-state index contributed by atoms with van der Waals surface area (Å²) in [6.07, 6.45) is 6.97. The molecule has 5 aliphatic rings. The van der Waals surface area contributed by atoms with Crippen LogP contribution in [0.15, 0.2) is 65.9 Å². The minimum atomic E-state index is -0.673. The highest BCUT2D eigenvalue weighted by molar-refractivity contribution is 6.04. The zero-order chi connectivity index (χ0) is 39.4. The van der Waals surface area contributed by atoms with Gasteiger partial charge in [0, 0.05) is 30.4 Å². The van der Waals surface area contributed by atoms with Crippen molar-refractivity contribution in [1.82, 2.24) is 30.4 Å². The number of benzene rings is 2. The predicted molar refractivity (Wildman–Crippen MR) is 211 cm³/mol. The molecular weight excluding hydrogens is 711 g/mol. The number of methoxy groups -OCH3 is 2. The number of nitrogens with one attached hydrogen (secondary N) is 3. The molecule has 3 N–H and O–H groups in total. The number of likely N-dealkylation sites (tertiary alicyclic amines) is 2. The molecule has 4 fully saturated rings. The number of allylic oxidation sites excluding steroid dienone is 1. The lowest BCUT2D eigenvalue weighted by molar-refractivity contribution is -0.137. The monoisotopic (exact) mass is 761 g/mol. The summed E-state index contributed by atoms with van der Waals surface area (Å²) < 4.78 is 9.60. The Kier molecular flexibility index (Phi) is 9.96. The van der Waals surface area contributed by atoms with Crippen LogP contribution in [0.5, 0.6) is 0 Å². The zero-order valence-electron chi connectivity index (χ0n) is 32.8. The quantitative estimate of drug-likeness (QED) is 0.206. The van der Waals surface area contributed by atoms with E-state index in [9.17, 15) is 19.2 Å². The van der Waals surface area contributed by atoms with Crippen LogP contribution in [0.1, 0.15) is 77.2 Å². The fourth-order valence-electron chi connectivity index (χ4n) is 9.01. The van der Waals surface area contributed by atoms with Crippen molar-refractivity contribution in [2.75, 3.05) is 14.2 Å². The molecule has 2 aliphatic carbocycles. The van der Waals surface area contributed by atoms with E-state index in [-0.39, 0.29) is 47.8 Å². The van der Waals surface area contributed by atoms with Gasteiger partial charge >= 0.3 is 12.2 Å². The summed E-state index contributed by atoms with van der Waals surface area (Å²) >= 11 is 0. The van der Waals surface area contributed by atoms with Crippen LogP contribution in [0, 0.1) is 23.7 Å². The predicted octanol–water partition coefficient (Wildman–Crippen LogP) is 6.34. The maximum Gasteiger partial charge on any atom is 0.407 e. The maximum absolute atomic E-state index is 13.8. The molecule has 0 spiro atoms. The van der Waals surface area contributed by atoms with Crippen LogP contribution in [0.25, 0.3) is 28.0 Å². The number of hydrogen-bond acceptors (Lipinski definition) is 8. The number of H-pyrrole nitrogens is 1. The highest BCUT2D eigenvalue weighted by atomic mass is 16.5. The Bertz CT molecular complexity index is 2070. The lowest BCUT2D eigenvalue weighted by Crippen LogP contribution is -2.54. The molecule has 4 amide bonds. The van der Waals surface area contributed by atoms with E-state index in [2.05, 4.69) is 64.1 Å². The number of amides is 4. The molecule has 3 aliphatic heterocycles. The van der Waals surface area contributed by atoms with Crippen molar-refractivity contribution in [3.05, 3.63) is 72.3 Å². The average molecular weight is 762 g/mol. The van der Waals surface area contributed by atoms with Crippen LogP contribution >= 0.6 is 0 Å². The standard InChI is InChI=1S/C43H51N7O6/c1-22(2)37(47-42(53)55-5)40(51)49-33-16-28(33)18-35(49)31-15-30(20-44-31)26-9-7-24(8-10-26)25-11-13-27(14-12-25)32-21-45-39(46-32)36-19-29-17-34(29)50(36)41(52)38(23(3)4)48-43(54)56-6/h7-14,20-23,28-29,33-38H,15-19H2,1-6H3,(H,45,46)(H,47,53)(H,48,54)/t28-,29-,33-,34-,35+,36+,37+,38+/m1/s1. The topological polar surface area (TPSA) is 158 Å². The Balaban J connectivity index is 0.902. The van der Waals surface area contributed by atoms with Gasteiger partial charge in [-0.1, -0.05) is 76.2 Å². The van der Waals surface area contributed by atoms with Crippen molar-refractivity contribution in [3.63, 3.8) is 0 Å². The first-order chi connectivity index (χ1) is 26.9. The first kappa shape index (κ1) is 37.5. The molecule has 0 radical (unpaired) electrons. The van der Waals surface area contributed by atoms with Gasteiger partial charge in [-0.2, -0.15) is 0 Å². The van der Waals surface area contributed by atoms with E-state index in [4.69, 9.17) is 19.5 Å². The third-order valence-corrected chi connectivity index (χ3v) is 12.3. The molecule has 8 rings (SSSR count). The summed E-state index contributed by atoms with van der Waals surface area (Å²) in [7, 11) is 2.61. The number of carbonyl (C=O) groups excluding carboxylic acids is 4. The first-order valence-corrected chi connectivity index (χ1v) is 19.8. The molecule has 8 atom stereocenters. The van der Waals surface area contributed by atoms with Crippen molar-refractivity contribution in [2.45, 2.75) is 96.1 Å². The van der Waals surface area contributed by atoms with E-state index in [1.54, 1.807) is 0 Å². The Labute approximate surface area is 327 Å². The SMILES string of the molecule is COC(=O)N[C@H](C(=O)N1[C@@H]2C[C@@H]2C[C@H]1C1=NC=C(c2ccc(-c3ccc(-c4cnc([C@@H]5C[C@H]6C[C@H]6N5C(=O)[C@@H](NC(=O)OC)C(C)C)[nH]4)cc3)cc2)C1)C(C)C. The van der Waals surface area contributed by atoms with Gasteiger partial charge in [-0.25, -0.2) is 14.6 Å². The lowest BCUT2D eigenvalue weighted by Gasteiger charge is -2.33. The number of carbonyl (C=O) groups is 4. The average Bonchev–Trinajstić information content (AvgIpc) is 3.79. The molecule has 56 heavy (non-hydrogen) atoms. The molecule has 294 valence electrons. The second-order valence-electron chi connectivity index (χ2n) is 16.6. The Morgan fingerprint density at radius 2 is 1.18 bits per heavy atom. The van der Waals surface area contributed by atoms with Gasteiger partial charge in [0.05, 0.1) is 38.2 Å². The Morgan fingerprint density at radius 1 is 0.696 bits per heavy atom. The third-order valence-electron chi connectivity index (χ3n) is 12.3. The van der Waals surface area contributed by atoms with Crippen LogP contribution < -0.4 is 10.6 Å². The summed E-state index contributed by atoms with van der Waals surface area (Å²) in [5.74, 6) is 1.37. The highest BCUT2D eigenvalue weighted by Gasteiger charge is 2.57. The number of rotatable bonds is 11. The van der Waals surface area contributed by atoms with Gasteiger partial charge in [0.1, 0.15) is 17.9 Å². The second kappa shape index (κ2) is 14.9. The number of aliphatic imine (C=N–C) groups is 1. The van der Waals surface area contributed by atoms with E-state index in [1.165, 1.54) is 14.2 Å². The molecule has 2 saturated carbocycles. The minimum Gasteiger partial charge on any atom is -0.453 e. The van der Waals surface area contributed by atoms with Crippen LogP contribution in [0.3, 0.4) is 0 Å². The number of alkyl carbamates (subject to hydrolysis) is 2. The van der Waals surface area contributed by atoms with E-state index < -0.39 is 24.3 Å². The summed E-state index contributed by atoms with van der Waals surface area (Å²) in [4.78, 5) is 68.6. The van der Waals surface area contributed by atoms with Crippen molar-refractivity contribution in [2.24, 2.45) is 28.7 Å². The molecule has 2 aromatic carbocycles. The fourth-order valence-corrected chi connectivity index (χ4v) is 9.01. The molecule has 13 heteroatoms. The number of aromatic nitrogens is 2. The van der Waals surface area contributed by atoms with Crippen LogP contribution in [0.2, 0.25) is 0 Å². The van der Waals surface area contributed by atoms with Crippen LogP contribution in [-0.4, -0.2) is 93.9 Å². The number of piperidine rings is 2. The smallest absolute Gasteiger partial charge is 0.407 e. The van der Waals surface area contributed by atoms with Crippen LogP contribution in [-0.2, 0) is 19.1 Å². The van der Waals surface area contributed by atoms with Crippen molar-refractivity contribution < 1.29 is 28.7 Å². The fraction of sp³-hybridized carbons (Fsp3) is 0.488. The van der Waals surface area contributed by atoms with Gasteiger partial charge in [-0.05, 0) is 77.2 Å². The summed E-state index contributed by atoms with van der Waals surface area (Å²) in [5.41, 5.74) is 7.28. The van der Waals surface area contributed by atoms with E-state index >= 15 is 0 Å².